The van der Waals surface area contributed by atoms with Crippen molar-refractivity contribution < 1.29 is 14.7 Å². The molecule has 2 amide bonds. The Morgan fingerprint density at radius 3 is 2.64 bits per heavy atom. The Bertz CT molecular complexity index is 985. The van der Waals surface area contributed by atoms with Crippen LogP contribution in [0.1, 0.15) is 48.5 Å². The van der Waals surface area contributed by atoms with Gasteiger partial charge in [0.25, 0.3) is 5.91 Å². The number of rotatable bonds is 2. The Kier molecular flexibility index (Phi) is 4.04. The van der Waals surface area contributed by atoms with E-state index in [0.29, 0.717) is 43.4 Å². The molecular formula is C20H24N4O4. The van der Waals surface area contributed by atoms with Crippen molar-refractivity contribution in [3.05, 3.63) is 34.2 Å². The number of carbonyl (C=O) groups is 2. The van der Waals surface area contributed by atoms with Crippen LogP contribution in [0.25, 0.3) is 11.0 Å². The number of carbonyl (C=O) groups excluding carboxylic acids is 2. The molecule has 2 atom stereocenters. The number of amides is 2. The molecule has 1 aromatic heterocycles. The molecule has 1 saturated carbocycles. The van der Waals surface area contributed by atoms with Crippen molar-refractivity contribution in [2.45, 2.75) is 50.3 Å². The fourth-order valence-electron chi connectivity index (χ4n) is 5.04. The summed E-state index contributed by atoms with van der Waals surface area (Å²) in [7, 11) is 0. The van der Waals surface area contributed by atoms with Gasteiger partial charge in [-0.3, -0.25) is 14.2 Å². The molecule has 3 fully saturated rings. The van der Waals surface area contributed by atoms with Gasteiger partial charge in [0.2, 0.25) is 5.91 Å². The topological polar surface area (TPSA) is 107 Å². The number of imidazole rings is 1. The van der Waals surface area contributed by atoms with Gasteiger partial charge in [-0.15, -0.1) is 0 Å². The van der Waals surface area contributed by atoms with Crippen LogP contribution in [0.4, 0.5) is 0 Å². The molecule has 5 rings (SSSR count). The third kappa shape index (κ3) is 2.83. The Hall–Kier alpha value is -2.61. The van der Waals surface area contributed by atoms with Gasteiger partial charge in [0.05, 0.1) is 23.2 Å². The van der Waals surface area contributed by atoms with Crippen LogP contribution < -0.4 is 11.0 Å². The number of aromatic nitrogens is 2. The minimum absolute atomic E-state index is 0.0581. The number of aliphatic hydroxyl groups excluding tert-OH is 1. The van der Waals surface area contributed by atoms with Crippen molar-refractivity contribution in [2.75, 3.05) is 13.1 Å². The van der Waals surface area contributed by atoms with Crippen LogP contribution in [0.2, 0.25) is 0 Å². The van der Waals surface area contributed by atoms with Gasteiger partial charge in [-0.05, 0) is 43.9 Å². The summed E-state index contributed by atoms with van der Waals surface area (Å²) >= 11 is 0. The standard InChI is InChI=1S/C20H24N4O4/c25-14-4-2-13(3-5-14)24-17-6-1-11(7-15(17)22-20(24)28)19(27)23-9-12-8-18(26)21-16(12)10-23/h1,6-7,12-14,16,25H,2-5,8-10H2,(H,21,26)(H,22,28)/t12-,13?,14?,16+/m0/s1. The van der Waals surface area contributed by atoms with Crippen molar-refractivity contribution in [3.63, 3.8) is 0 Å². The molecule has 1 aromatic carbocycles. The van der Waals surface area contributed by atoms with Crippen LogP contribution >= 0.6 is 0 Å². The van der Waals surface area contributed by atoms with Gasteiger partial charge in [-0.1, -0.05) is 0 Å². The van der Waals surface area contributed by atoms with Gasteiger partial charge in [0.15, 0.2) is 0 Å². The minimum Gasteiger partial charge on any atom is -0.393 e. The zero-order valence-electron chi connectivity index (χ0n) is 15.6. The van der Waals surface area contributed by atoms with E-state index in [1.54, 1.807) is 21.6 Å². The lowest BCUT2D eigenvalue weighted by molar-refractivity contribution is -0.119. The minimum atomic E-state index is -0.272. The number of H-pyrrole nitrogens is 1. The Balaban J connectivity index is 1.39. The van der Waals surface area contributed by atoms with E-state index in [9.17, 15) is 19.5 Å². The highest BCUT2D eigenvalue weighted by Gasteiger charge is 2.41. The van der Waals surface area contributed by atoms with Gasteiger partial charge in [-0.25, -0.2) is 4.79 Å². The molecule has 2 aromatic rings. The average Bonchev–Trinajstić information content (AvgIpc) is 3.31. The first-order valence-electron chi connectivity index (χ1n) is 10.0. The van der Waals surface area contributed by atoms with Gasteiger partial charge < -0.3 is 20.3 Å². The van der Waals surface area contributed by atoms with Crippen LogP contribution in [0, 0.1) is 5.92 Å². The lowest BCUT2D eigenvalue weighted by Gasteiger charge is -2.26. The molecule has 8 heteroatoms. The predicted molar refractivity (Wildman–Crippen MR) is 102 cm³/mol. The van der Waals surface area contributed by atoms with E-state index in [4.69, 9.17) is 0 Å². The number of hydrogen-bond acceptors (Lipinski definition) is 4. The molecule has 2 aliphatic heterocycles. The second-order valence-corrected chi connectivity index (χ2v) is 8.34. The summed E-state index contributed by atoms with van der Waals surface area (Å²) in [6, 6.07) is 5.50. The van der Waals surface area contributed by atoms with E-state index in [0.717, 1.165) is 18.4 Å². The van der Waals surface area contributed by atoms with Gasteiger partial charge >= 0.3 is 5.69 Å². The van der Waals surface area contributed by atoms with E-state index < -0.39 is 0 Å². The van der Waals surface area contributed by atoms with E-state index in [1.807, 2.05) is 6.07 Å². The summed E-state index contributed by atoms with van der Waals surface area (Å²) in [5, 5.41) is 12.7. The molecule has 28 heavy (non-hydrogen) atoms. The van der Waals surface area contributed by atoms with E-state index >= 15 is 0 Å². The summed E-state index contributed by atoms with van der Waals surface area (Å²) in [4.78, 5) is 41.6. The first-order chi connectivity index (χ1) is 13.5. The van der Waals surface area contributed by atoms with Crippen molar-refractivity contribution in [3.8, 4) is 0 Å². The van der Waals surface area contributed by atoms with Gasteiger partial charge in [0, 0.05) is 37.0 Å². The fraction of sp³-hybridized carbons (Fsp3) is 0.550. The quantitative estimate of drug-likeness (QED) is 0.711. The lowest BCUT2D eigenvalue weighted by Crippen LogP contribution is -2.35. The molecule has 2 saturated heterocycles. The first-order valence-corrected chi connectivity index (χ1v) is 10.0. The van der Waals surface area contributed by atoms with E-state index in [-0.39, 0.29) is 41.6 Å². The number of nitrogens with zero attached hydrogens (tertiary/aromatic N) is 2. The summed E-state index contributed by atoms with van der Waals surface area (Å²) in [6.07, 6.45) is 3.17. The lowest BCUT2D eigenvalue weighted by atomic mass is 9.93. The third-order valence-corrected chi connectivity index (χ3v) is 6.52. The van der Waals surface area contributed by atoms with Gasteiger partial charge in [0.1, 0.15) is 0 Å². The highest BCUT2D eigenvalue weighted by molar-refractivity contribution is 5.97. The zero-order valence-corrected chi connectivity index (χ0v) is 15.6. The molecule has 1 aliphatic carbocycles. The Morgan fingerprint density at radius 1 is 1.11 bits per heavy atom. The van der Waals surface area contributed by atoms with Crippen LogP contribution in [0.15, 0.2) is 23.0 Å². The number of nitrogens with one attached hydrogen (secondary N) is 2. The largest absolute Gasteiger partial charge is 0.393 e. The molecule has 3 aliphatic rings. The number of likely N-dealkylation sites (tertiary alicyclic amines) is 1. The Labute approximate surface area is 161 Å². The van der Waals surface area contributed by atoms with Crippen molar-refractivity contribution >= 4 is 22.8 Å². The zero-order chi connectivity index (χ0) is 19.4. The second-order valence-electron chi connectivity index (χ2n) is 8.34. The van der Waals surface area contributed by atoms with E-state index in [1.165, 1.54) is 0 Å². The summed E-state index contributed by atoms with van der Waals surface area (Å²) < 4.78 is 1.77. The first kappa shape index (κ1) is 17.5. The Morgan fingerprint density at radius 2 is 1.89 bits per heavy atom. The van der Waals surface area contributed by atoms with Crippen LogP contribution in [-0.2, 0) is 4.79 Å². The molecule has 3 N–H and O–H groups in total. The predicted octanol–water partition coefficient (Wildman–Crippen LogP) is 0.766. The molecule has 0 radical (unpaired) electrons. The maximum absolute atomic E-state index is 12.9. The average molecular weight is 384 g/mol. The highest BCUT2D eigenvalue weighted by Crippen LogP contribution is 2.31. The molecule has 148 valence electrons. The van der Waals surface area contributed by atoms with E-state index in [2.05, 4.69) is 10.3 Å². The molecular weight excluding hydrogens is 360 g/mol. The molecule has 3 heterocycles. The van der Waals surface area contributed by atoms with Crippen molar-refractivity contribution in [1.82, 2.24) is 19.8 Å². The number of fused-ring (bicyclic) bond motifs is 2. The number of aliphatic hydroxyl groups is 1. The summed E-state index contributed by atoms with van der Waals surface area (Å²) in [6.45, 7) is 1.12. The summed E-state index contributed by atoms with van der Waals surface area (Å²) in [5.41, 5.74) is 1.84. The molecule has 0 unspecified atom stereocenters. The normalized spacial score (nSPS) is 29.9. The number of aromatic amines is 1. The SMILES string of the molecule is O=C1C[C@H]2CN(C(=O)c3ccc4c(c3)[nH]c(=O)n4C3CCC(O)CC3)C[C@H]2N1. The fourth-order valence-corrected chi connectivity index (χ4v) is 5.04. The third-order valence-electron chi connectivity index (χ3n) is 6.52. The summed E-state index contributed by atoms with van der Waals surface area (Å²) in [5.74, 6) is 0.195. The maximum atomic E-state index is 12.9. The molecule has 8 nitrogen and oxygen atoms in total. The molecule has 0 bridgehead atoms. The second kappa shape index (κ2) is 6.48. The maximum Gasteiger partial charge on any atom is 0.326 e. The van der Waals surface area contributed by atoms with Crippen molar-refractivity contribution in [2.24, 2.45) is 5.92 Å². The highest BCUT2D eigenvalue weighted by atomic mass is 16.3. The van der Waals surface area contributed by atoms with Crippen LogP contribution in [-0.4, -0.2) is 56.6 Å². The monoisotopic (exact) mass is 384 g/mol. The molecule has 0 spiro atoms. The smallest absolute Gasteiger partial charge is 0.326 e. The van der Waals surface area contributed by atoms with Crippen LogP contribution in [0.3, 0.4) is 0 Å². The number of hydrogen-bond donors (Lipinski definition) is 3. The number of benzene rings is 1. The van der Waals surface area contributed by atoms with Crippen LogP contribution in [0.5, 0.6) is 0 Å². The van der Waals surface area contributed by atoms with Crippen molar-refractivity contribution in [1.29, 1.82) is 0 Å². The van der Waals surface area contributed by atoms with Gasteiger partial charge in [-0.2, -0.15) is 0 Å².